The van der Waals surface area contributed by atoms with Gasteiger partial charge in [-0.3, -0.25) is 4.79 Å². The average molecular weight is 569 g/mol. The van der Waals surface area contributed by atoms with Crippen molar-refractivity contribution >= 4 is 32.8 Å². The molecule has 0 radical (unpaired) electrons. The van der Waals surface area contributed by atoms with Gasteiger partial charge in [0.05, 0.1) is 5.60 Å². The Morgan fingerprint density at radius 3 is 2.78 bits per heavy atom. The minimum absolute atomic E-state index is 0.0403. The van der Waals surface area contributed by atoms with Gasteiger partial charge in [-0.1, -0.05) is 47.0 Å². The van der Waals surface area contributed by atoms with E-state index in [0.29, 0.717) is 49.4 Å². The lowest BCUT2D eigenvalue weighted by Crippen LogP contribution is -2.54. The maximum absolute atomic E-state index is 13.0. The molecule has 1 aromatic heterocycles. The van der Waals surface area contributed by atoms with Crippen LogP contribution in [0.15, 0.2) is 50.1 Å². The van der Waals surface area contributed by atoms with Crippen molar-refractivity contribution in [1.29, 1.82) is 0 Å². The molecule has 1 saturated carbocycles. The predicted molar refractivity (Wildman–Crippen MR) is 147 cm³/mol. The zero-order chi connectivity index (χ0) is 26.2. The summed E-state index contributed by atoms with van der Waals surface area (Å²) < 4.78 is 12.8. The number of aryl methyl sites for hydroxylation is 2. The number of benzene rings is 2. The molecule has 2 aromatic carbocycles. The van der Waals surface area contributed by atoms with Gasteiger partial charge >= 0.3 is 5.63 Å². The first-order valence-electron chi connectivity index (χ1n) is 13.2. The Morgan fingerprint density at radius 1 is 1.16 bits per heavy atom. The molecule has 6 nitrogen and oxygen atoms in total. The second-order valence-corrected chi connectivity index (χ2v) is 11.4. The molecule has 37 heavy (non-hydrogen) atoms. The number of nitrogens with zero attached hydrogens (tertiary/aromatic N) is 1. The molecule has 1 aliphatic heterocycles. The van der Waals surface area contributed by atoms with Gasteiger partial charge in [0.25, 0.3) is 0 Å². The summed E-state index contributed by atoms with van der Waals surface area (Å²) in [5.41, 5.74) is 2.72. The number of halogens is 1. The van der Waals surface area contributed by atoms with Crippen LogP contribution in [0.25, 0.3) is 11.0 Å². The zero-order valence-electron chi connectivity index (χ0n) is 21.5. The van der Waals surface area contributed by atoms with Crippen LogP contribution in [0.5, 0.6) is 5.75 Å². The second kappa shape index (κ2) is 10.6. The number of rotatable bonds is 6. The summed E-state index contributed by atoms with van der Waals surface area (Å²) in [4.78, 5) is 27.9. The van der Waals surface area contributed by atoms with Gasteiger partial charge in [0.2, 0.25) is 5.91 Å². The van der Waals surface area contributed by atoms with E-state index in [1.54, 1.807) is 0 Å². The third kappa shape index (κ3) is 5.21. The molecule has 1 saturated heterocycles. The first-order valence-corrected chi connectivity index (χ1v) is 14.0. The quantitative estimate of drug-likeness (QED) is 0.378. The van der Waals surface area contributed by atoms with Crippen LogP contribution in [-0.2, 0) is 17.8 Å². The van der Waals surface area contributed by atoms with Crippen molar-refractivity contribution in [3.8, 4) is 5.75 Å². The van der Waals surface area contributed by atoms with Crippen molar-refractivity contribution in [2.24, 2.45) is 5.92 Å². The molecule has 5 rings (SSSR count). The van der Waals surface area contributed by atoms with Gasteiger partial charge in [-0.25, -0.2) is 4.79 Å². The normalized spacial score (nSPS) is 21.6. The maximum atomic E-state index is 13.0. The number of hydrogen-bond acceptors (Lipinski definition) is 5. The van der Waals surface area contributed by atoms with Gasteiger partial charge in [-0.15, -0.1) is 0 Å². The molecular weight excluding hydrogens is 534 g/mol. The zero-order valence-corrected chi connectivity index (χ0v) is 23.1. The molecule has 0 bridgehead atoms. The fourth-order valence-corrected chi connectivity index (χ4v) is 6.37. The second-order valence-electron chi connectivity index (χ2n) is 10.6. The summed E-state index contributed by atoms with van der Waals surface area (Å²) in [6.45, 7) is 5.40. The van der Waals surface area contributed by atoms with Crippen LogP contribution in [0.3, 0.4) is 0 Å². The Morgan fingerprint density at radius 2 is 1.97 bits per heavy atom. The van der Waals surface area contributed by atoms with Crippen molar-refractivity contribution < 1.29 is 19.1 Å². The Bertz CT molecular complexity index is 1380. The summed E-state index contributed by atoms with van der Waals surface area (Å²) in [6, 6.07) is 11.7. The highest BCUT2D eigenvalue weighted by Crippen LogP contribution is 2.40. The number of likely N-dealkylation sites (tertiary alicyclic amines) is 1. The number of carbonyl (C=O) groups excluding carboxylic acids is 1. The fraction of sp³-hybridized carbons (Fsp3) is 0.467. The van der Waals surface area contributed by atoms with E-state index in [1.165, 1.54) is 0 Å². The van der Waals surface area contributed by atoms with Crippen molar-refractivity contribution in [2.75, 3.05) is 13.1 Å². The summed E-state index contributed by atoms with van der Waals surface area (Å²) in [5, 5.41) is 11.8. The molecule has 7 heteroatoms. The first-order chi connectivity index (χ1) is 17.8. The summed E-state index contributed by atoms with van der Waals surface area (Å²) in [6.07, 6.45) is 5.24. The Hall–Kier alpha value is -2.64. The van der Waals surface area contributed by atoms with Gasteiger partial charge < -0.3 is 19.2 Å². The molecule has 2 atom stereocenters. The molecule has 1 aliphatic carbocycles. The number of fused-ring (bicyclic) bond motifs is 2. The van der Waals surface area contributed by atoms with E-state index >= 15 is 0 Å². The molecule has 2 fully saturated rings. The molecular formula is C30H34BrNO5. The van der Waals surface area contributed by atoms with E-state index in [-0.39, 0.29) is 18.2 Å². The first kappa shape index (κ1) is 26.0. The Balaban J connectivity index is 1.29. The van der Waals surface area contributed by atoms with Crippen LogP contribution in [0.4, 0.5) is 0 Å². The molecule has 0 unspecified atom stereocenters. The molecule has 2 heterocycles. The number of carbonyl (C=O) groups is 1. The van der Waals surface area contributed by atoms with E-state index in [4.69, 9.17) is 9.15 Å². The van der Waals surface area contributed by atoms with Crippen LogP contribution in [0.1, 0.15) is 60.8 Å². The van der Waals surface area contributed by atoms with Gasteiger partial charge in [0, 0.05) is 52.0 Å². The van der Waals surface area contributed by atoms with Crippen molar-refractivity contribution in [3.05, 3.63) is 73.5 Å². The van der Waals surface area contributed by atoms with Gasteiger partial charge in [0.1, 0.15) is 17.9 Å². The summed E-state index contributed by atoms with van der Waals surface area (Å²) in [7, 11) is 0. The topological polar surface area (TPSA) is 80.0 Å². The summed E-state index contributed by atoms with van der Waals surface area (Å²) >= 11 is 3.54. The fourth-order valence-electron chi connectivity index (χ4n) is 5.97. The van der Waals surface area contributed by atoms with Gasteiger partial charge in [-0.05, 0) is 63.3 Å². The number of piperidine rings is 1. The maximum Gasteiger partial charge on any atom is 0.339 e. The monoisotopic (exact) mass is 567 g/mol. The van der Waals surface area contributed by atoms with Crippen molar-refractivity contribution in [3.63, 3.8) is 0 Å². The lowest BCUT2D eigenvalue weighted by atomic mass is 9.71. The van der Waals surface area contributed by atoms with E-state index in [1.807, 2.05) is 55.1 Å². The van der Waals surface area contributed by atoms with E-state index < -0.39 is 11.2 Å². The van der Waals surface area contributed by atoms with E-state index in [2.05, 4.69) is 15.9 Å². The average Bonchev–Trinajstić information content (AvgIpc) is 2.88. The molecule has 1 amide bonds. The van der Waals surface area contributed by atoms with Gasteiger partial charge in [0.15, 0.2) is 0 Å². The third-order valence-electron chi connectivity index (χ3n) is 8.36. The largest absolute Gasteiger partial charge is 0.488 e. The highest BCUT2D eigenvalue weighted by molar-refractivity contribution is 9.10. The number of hydrogen-bond donors (Lipinski definition) is 1. The molecule has 2 aliphatic rings. The van der Waals surface area contributed by atoms with Crippen LogP contribution in [0.2, 0.25) is 0 Å². The van der Waals surface area contributed by atoms with E-state index in [9.17, 15) is 14.7 Å². The van der Waals surface area contributed by atoms with Crippen LogP contribution in [0, 0.1) is 19.8 Å². The minimum Gasteiger partial charge on any atom is -0.488 e. The van der Waals surface area contributed by atoms with Crippen LogP contribution in [-0.4, -0.2) is 34.6 Å². The number of amides is 1. The number of ether oxygens (including phenoxy) is 1. The van der Waals surface area contributed by atoms with Crippen LogP contribution >= 0.6 is 15.9 Å². The smallest absolute Gasteiger partial charge is 0.339 e. The molecule has 3 aromatic rings. The third-order valence-corrected chi connectivity index (χ3v) is 9.14. The van der Waals surface area contributed by atoms with Crippen molar-refractivity contribution in [1.82, 2.24) is 4.90 Å². The molecule has 1 N–H and O–H groups in total. The lowest BCUT2D eigenvalue weighted by molar-refractivity contribution is -0.143. The predicted octanol–water partition coefficient (Wildman–Crippen LogP) is 5.84. The Labute approximate surface area is 225 Å². The highest BCUT2D eigenvalue weighted by atomic mass is 79.9. The van der Waals surface area contributed by atoms with Crippen molar-refractivity contribution in [2.45, 2.75) is 71.0 Å². The molecule has 0 spiro atoms. The number of aliphatic hydroxyl groups is 1. The standard InChI is InChI=1S/C30H34BrNO5/c1-19-23-10-12-26(36-18-21-7-3-4-9-25(21)31)20(2)28(23)37-29(34)24(19)11-13-27(33)32-16-15-30(35)14-6-5-8-22(30)17-32/h3-4,7,9-10,12,22,35H,5-6,8,11,13-18H2,1-2H3/t22-,30+/m1/s1. The van der Waals surface area contributed by atoms with Crippen LogP contribution < -0.4 is 10.4 Å². The van der Waals surface area contributed by atoms with E-state index in [0.717, 1.165) is 52.2 Å². The minimum atomic E-state index is -0.608. The molecule has 196 valence electrons. The lowest BCUT2D eigenvalue weighted by Gasteiger charge is -2.47. The SMILES string of the molecule is Cc1c(CCC(=O)N2CC[C@@]3(O)CCCC[C@@H]3C2)c(=O)oc2c(C)c(OCc3ccccc3Br)ccc12. The summed E-state index contributed by atoms with van der Waals surface area (Å²) in [5.74, 6) is 0.869. The van der Waals surface area contributed by atoms with Gasteiger partial charge in [-0.2, -0.15) is 0 Å². The highest BCUT2D eigenvalue weighted by Gasteiger charge is 2.43. The Kier molecular flexibility index (Phi) is 7.46.